The molecule has 0 saturated carbocycles. The molecule has 0 aliphatic carbocycles. The second-order valence-corrected chi connectivity index (χ2v) is 13.7. The van der Waals surface area contributed by atoms with Crippen molar-refractivity contribution in [2.24, 2.45) is 4.01 Å². The summed E-state index contributed by atoms with van der Waals surface area (Å²) in [6.45, 7) is 0. The number of anilines is 1. The van der Waals surface area contributed by atoms with Crippen molar-refractivity contribution in [2.45, 2.75) is 0 Å². The summed E-state index contributed by atoms with van der Waals surface area (Å²) >= 11 is 8.25. The summed E-state index contributed by atoms with van der Waals surface area (Å²) in [6, 6.07) is 0. The number of hydrogen-bond acceptors (Lipinski definition) is 3. The van der Waals surface area contributed by atoms with Crippen molar-refractivity contribution in [1.29, 1.82) is 0 Å². The molecule has 1 aromatic heterocycles. The zero-order chi connectivity index (χ0) is 9.71. The number of likely N-dealkylation sites (N-methyl/N-ethyl adjacent to an activating group) is 1. The van der Waals surface area contributed by atoms with Crippen LogP contribution in [0.1, 0.15) is 4.44 Å². The predicted octanol–water partition coefficient (Wildman–Crippen LogP) is -0.516. The van der Waals surface area contributed by atoms with E-state index in [1.54, 1.807) is 0 Å². The van der Waals surface area contributed by atoms with Crippen LogP contribution in [0.4, 0.5) is 5.82 Å². The molecule has 0 fully saturated rings. The van der Waals surface area contributed by atoms with Gasteiger partial charge >= 0.3 is 109 Å². The molecule has 2 aliphatic heterocycles. The average Bonchev–Trinajstić information content (AvgIpc) is 2.82. The molecule has 0 bridgehead atoms. The summed E-state index contributed by atoms with van der Waals surface area (Å²) in [4.78, 5) is 2.14. The second-order valence-electron chi connectivity index (χ2n) is 2.68. The molecular weight excluding hydrogens is 465 g/mol. The summed E-state index contributed by atoms with van der Waals surface area (Å²) in [6.07, 6.45) is 0. The van der Waals surface area contributed by atoms with E-state index >= 15 is 0 Å². The van der Waals surface area contributed by atoms with E-state index in [1.165, 1.54) is 8.91 Å². The Kier molecular flexibility index (Phi) is 2.83. The maximum atomic E-state index is 6.39. The SMILES string of the molecule is CN1C2=N[Se][Se]C2=C(Cl)c2[se+][se]nc21. The zero-order valence-electron chi connectivity index (χ0n) is 6.85. The first-order valence-corrected chi connectivity index (χ1v) is 15.9. The van der Waals surface area contributed by atoms with Gasteiger partial charge in [-0.1, -0.05) is 0 Å². The fourth-order valence-corrected chi connectivity index (χ4v) is 14.7. The molecule has 3 nitrogen and oxygen atoms in total. The van der Waals surface area contributed by atoms with Crippen molar-refractivity contribution >= 4 is 80.3 Å². The monoisotopic (exact) mass is 472 g/mol. The van der Waals surface area contributed by atoms with Crippen molar-refractivity contribution in [3.63, 3.8) is 0 Å². The second kappa shape index (κ2) is 3.85. The minimum atomic E-state index is 0.421. The molecule has 14 heavy (non-hydrogen) atoms. The molecule has 3 rings (SSSR count). The van der Waals surface area contributed by atoms with Gasteiger partial charge in [-0.15, -0.1) is 0 Å². The van der Waals surface area contributed by atoms with Gasteiger partial charge in [0.1, 0.15) is 0 Å². The molecule has 0 spiro atoms. The van der Waals surface area contributed by atoms with Crippen LogP contribution in [-0.4, -0.2) is 68.8 Å². The molecule has 8 heteroatoms. The Balaban J connectivity index is 2.29. The van der Waals surface area contributed by atoms with E-state index in [4.69, 9.17) is 11.6 Å². The number of halogens is 1. The summed E-state index contributed by atoms with van der Waals surface area (Å²) in [7, 11) is 2.07. The van der Waals surface area contributed by atoms with Gasteiger partial charge in [-0.25, -0.2) is 0 Å². The Bertz CT molecular complexity index is 465. The number of aromatic nitrogens is 1. The molecule has 0 aromatic carbocycles. The minimum absolute atomic E-state index is 0.421. The van der Waals surface area contributed by atoms with Gasteiger partial charge in [0, 0.05) is 0 Å². The van der Waals surface area contributed by atoms with Crippen LogP contribution in [0.2, 0.25) is 0 Å². The van der Waals surface area contributed by atoms with Gasteiger partial charge in [0.25, 0.3) is 0 Å². The molecule has 0 unspecified atom stereocenters. The molecular formula is C6H3ClN3Se4+. The molecule has 0 atom stereocenters. The van der Waals surface area contributed by atoms with E-state index in [0.29, 0.717) is 52.0 Å². The molecule has 0 radical (unpaired) electrons. The number of nitrogens with zero attached hydrogens (tertiary/aromatic N) is 3. The number of rotatable bonds is 0. The molecule has 2 aliphatic rings. The van der Waals surface area contributed by atoms with E-state index in [2.05, 4.69) is 19.9 Å². The van der Waals surface area contributed by atoms with Crippen LogP contribution < -0.4 is 4.90 Å². The number of hydrogen-bond donors (Lipinski definition) is 0. The fraction of sp³-hybridized carbons (Fsp3) is 0.167. The third-order valence-corrected chi connectivity index (χ3v) is 13.4. The normalized spacial score (nSPS) is 19.6. The number of fused-ring (bicyclic) bond motifs is 2. The van der Waals surface area contributed by atoms with Crippen LogP contribution in [0.5, 0.6) is 0 Å². The molecule has 0 amide bonds. The molecule has 0 N–H and O–H groups in total. The van der Waals surface area contributed by atoms with Crippen molar-refractivity contribution < 1.29 is 0 Å². The van der Waals surface area contributed by atoms with E-state index in [0.717, 1.165) is 16.7 Å². The third-order valence-electron chi connectivity index (χ3n) is 1.93. The Morgan fingerprint density at radius 3 is 3.21 bits per heavy atom. The number of amidine groups is 1. The van der Waals surface area contributed by atoms with Crippen molar-refractivity contribution in [3.8, 4) is 0 Å². The van der Waals surface area contributed by atoms with Crippen LogP contribution in [0, 0.1) is 0 Å². The quantitative estimate of drug-likeness (QED) is 0.480. The zero-order valence-corrected chi connectivity index (χ0v) is 14.5. The Labute approximate surface area is 108 Å². The summed E-state index contributed by atoms with van der Waals surface area (Å²) in [5.41, 5.74) is 0. The standard InChI is InChI=1S/C6H3ClN3Se4/c1-10-5-3(11-13-8-5)2(7)4-6(10)9-14-12-4/h1H3/q+1. The van der Waals surface area contributed by atoms with Crippen LogP contribution in [0.15, 0.2) is 8.48 Å². The Hall–Kier alpha value is 1.12. The van der Waals surface area contributed by atoms with Gasteiger partial charge in [0.2, 0.25) is 0 Å². The van der Waals surface area contributed by atoms with Gasteiger partial charge in [0.15, 0.2) is 0 Å². The van der Waals surface area contributed by atoms with Crippen LogP contribution in [0.25, 0.3) is 5.03 Å². The maximum absolute atomic E-state index is 6.39. The first-order valence-electron chi connectivity index (χ1n) is 3.64. The molecule has 0 saturated heterocycles. The van der Waals surface area contributed by atoms with Gasteiger partial charge in [0.05, 0.1) is 0 Å². The van der Waals surface area contributed by atoms with Crippen LogP contribution in [-0.2, 0) is 0 Å². The van der Waals surface area contributed by atoms with Gasteiger partial charge < -0.3 is 0 Å². The first-order chi connectivity index (χ1) is 6.79. The average molecular weight is 468 g/mol. The third kappa shape index (κ3) is 1.40. The van der Waals surface area contributed by atoms with Gasteiger partial charge in [-0.05, 0) is 0 Å². The van der Waals surface area contributed by atoms with Gasteiger partial charge in [-0.3, -0.25) is 0 Å². The topological polar surface area (TPSA) is 28.5 Å². The van der Waals surface area contributed by atoms with E-state index in [9.17, 15) is 0 Å². The Morgan fingerprint density at radius 2 is 2.36 bits per heavy atom. The molecule has 72 valence electrons. The van der Waals surface area contributed by atoms with Crippen LogP contribution in [0.3, 0.4) is 0 Å². The molecule has 3 heterocycles. The van der Waals surface area contributed by atoms with Gasteiger partial charge in [-0.2, -0.15) is 0 Å². The first kappa shape index (κ1) is 10.3. The van der Waals surface area contributed by atoms with E-state index in [1.807, 2.05) is 0 Å². The van der Waals surface area contributed by atoms with Crippen molar-refractivity contribution in [2.75, 3.05) is 11.9 Å². The van der Waals surface area contributed by atoms with Crippen molar-refractivity contribution in [3.05, 3.63) is 8.91 Å². The molecule has 1 aromatic rings. The van der Waals surface area contributed by atoms with Crippen LogP contribution >= 0.6 is 11.6 Å². The summed E-state index contributed by atoms with van der Waals surface area (Å²) < 4.78 is 11.8. The predicted molar refractivity (Wildman–Crippen MR) is 62.6 cm³/mol. The summed E-state index contributed by atoms with van der Waals surface area (Å²) in [5, 5.41) is 0.999. The van der Waals surface area contributed by atoms with Crippen molar-refractivity contribution in [1.82, 2.24) is 3.98 Å². The fourth-order valence-electron chi connectivity index (χ4n) is 1.24. The summed E-state index contributed by atoms with van der Waals surface area (Å²) in [5.74, 6) is 2.21. The van der Waals surface area contributed by atoms with E-state index in [-0.39, 0.29) is 0 Å². The Morgan fingerprint density at radius 1 is 1.50 bits per heavy atom. The van der Waals surface area contributed by atoms with E-state index < -0.39 is 0 Å².